The maximum absolute atomic E-state index is 12.1. The van der Waals surface area contributed by atoms with Crippen LogP contribution in [0, 0.1) is 0 Å². The van der Waals surface area contributed by atoms with Crippen molar-refractivity contribution in [1.82, 2.24) is 5.32 Å². The second kappa shape index (κ2) is 5.70. The lowest BCUT2D eigenvalue weighted by Crippen LogP contribution is -2.42. The molecule has 1 aromatic carbocycles. The van der Waals surface area contributed by atoms with Crippen LogP contribution in [-0.2, 0) is 4.79 Å². The van der Waals surface area contributed by atoms with Crippen LogP contribution in [0.25, 0.3) is 0 Å². The van der Waals surface area contributed by atoms with E-state index in [-0.39, 0.29) is 5.75 Å². The smallest absolute Gasteiger partial charge is 0.406 e. The lowest BCUT2D eigenvalue weighted by Gasteiger charge is -2.21. The van der Waals surface area contributed by atoms with Crippen LogP contribution in [0.4, 0.5) is 13.2 Å². The van der Waals surface area contributed by atoms with Gasteiger partial charge in [0.25, 0.3) is 5.91 Å². The number of nitrogens with one attached hydrogen (secondary N) is 1. The molecule has 0 aromatic heterocycles. The second-order valence-corrected chi connectivity index (χ2v) is 4.87. The van der Waals surface area contributed by atoms with Gasteiger partial charge in [-0.25, -0.2) is 0 Å². The van der Waals surface area contributed by atoms with E-state index in [0.717, 1.165) is 0 Å². The lowest BCUT2D eigenvalue weighted by molar-refractivity contribution is -0.274. The third-order valence-electron chi connectivity index (χ3n) is 2.49. The van der Waals surface area contributed by atoms with Gasteiger partial charge in [0.15, 0.2) is 0 Å². The fraction of sp³-hybridized carbons (Fsp3) is 0.462. The van der Waals surface area contributed by atoms with Crippen molar-refractivity contribution in [3.63, 3.8) is 0 Å². The Bertz CT molecular complexity index is 480. The van der Waals surface area contributed by atoms with E-state index < -0.39 is 23.9 Å². The minimum atomic E-state index is -4.77. The fourth-order valence-corrected chi connectivity index (χ4v) is 1.44. The number of hydrogen-bond donors (Lipinski definition) is 2. The third kappa shape index (κ3) is 5.08. The van der Waals surface area contributed by atoms with Crippen molar-refractivity contribution in [2.75, 3.05) is 0 Å². The number of ether oxygens (including phenoxy) is 1. The minimum absolute atomic E-state index is 0.362. The summed E-state index contributed by atoms with van der Waals surface area (Å²) in [6, 6.07) is 4.73. The Morgan fingerprint density at radius 1 is 1.35 bits per heavy atom. The van der Waals surface area contributed by atoms with Gasteiger partial charge in [-0.2, -0.15) is 0 Å². The SMILES string of the molecule is C[C@H](NC(=O)C(C)(C)O)c1cccc(OC(F)(F)F)c1. The average molecular weight is 291 g/mol. The first kappa shape index (κ1) is 16.3. The molecular formula is C13H16F3NO3. The Kier molecular flexibility index (Phi) is 4.65. The van der Waals surface area contributed by atoms with Gasteiger partial charge in [-0.1, -0.05) is 12.1 Å². The van der Waals surface area contributed by atoms with Crippen molar-refractivity contribution < 1.29 is 27.8 Å². The highest BCUT2D eigenvalue weighted by Crippen LogP contribution is 2.25. The molecule has 0 fully saturated rings. The number of alkyl halides is 3. The van der Waals surface area contributed by atoms with Crippen LogP contribution in [0.2, 0.25) is 0 Å². The number of benzene rings is 1. The molecule has 0 unspecified atom stereocenters. The molecule has 0 aliphatic carbocycles. The van der Waals surface area contributed by atoms with Crippen molar-refractivity contribution >= 4 is 5.91 Å². The predicted molar refractivity (Wildman–Crippen MR) is 66.0 cm³/mol. The number of carbonyl (C=O) groups excluding carboxylic acids is 1. The summed E-state index contributed by atoms with van der Waals surface area (Å²) in [5, 5.41) is 12.0. The fourth-order valence-electron chi connectivity index (χ4n) is 1.44. The highest BCUT2D eigenvalue weighted by molar-refractivity contribution is 5.84. The zero-order chi connectivity index (χ0) is 15.6. The Balaban J connectivity index is 2.81. The molecule has 112 valence electrons. The number of hydrogen-bond acceptors (Lipinski definition) is 3. The Labute approximate surface area is 114 Å². The van der Waals surface area contributed by atoms with E-state index in [1.54, 1.807) is 13.0 Å². The quantitative estimate of drug-likeness (QED) is 0.896. The molecule has 1 aromatic rings. The van der Waals surface area contributed by atoms with E-state index in [9.17, 15) is 23.1 Å². The molecular weight excluding hydrogens is 275 g/mol. The van der Waals surface area contributed by atoms with Gasteiger partial charge in [0.05, 0.1) is 6.04 Å². The Morgan fingerprint density at radius 2 is 1.95 bits per heavy atom. The van der Waals surface area contributed by atoms with Crippen LogP contribution in [-0.4, -0.2) is 23.0 Å². The van der Waals surface area contributed by atoms with Crippen LogP contribution in [0.5, 0.6) is 5.75 Å². The monoisotopic (exact) mass is 291 g/mol. The summed E-state index contributed by atoms with van der Waals surface area (Å²) in [6.45, 7) is 4.23. The second-order valence-electron chi connectivity index (χ2n) is 4.87. The maximum Gasteiger partial charge on any atom is 0.573 e. The first-order valence-corrected chi connectivity index (χ1v) is 5.88. The van der Waals surface area contributed by atoms with Crippen molar-refractivity contribution in [1.29, 1.82) is 0 Å². The standard InChI is InChI=1S/C13H16F3NO3/c1-8(17-11(18)12(2,3)19)9-5-4-6-10(7-9)20-13(14,15)16/h4-8,19H,1-3H3,(H,17,18)/t8-/m0/s1. The molecule has 0 saturated heterocycles. The van der Waals surface area contributed by atoms with E-state index in [2.05, 4.69) is 10.1 Å². The number of rotatable bonds is 4. The topological polar surface area (TPSA) is 58.6 Å². The van der Waals surface area contributed by atoms with Crippen LogP contribution < -0.4 is 10.1 Å². The van der Waals surface area contributed by atoms with Gasteiger partial charge in [-0.15, -0.1) is 13.2 Å². The van der Waals surface area contributed by atoms with Gasteiger partial charge in [-0.3, -0.25) is 4.79 Å². The number of carbonyl (C=O) groups is 1. The van der Waals surface area contributed by atoms with Gasteiger partial charge in [-0.05, 0) is 38.5 Å². The summed E-state index contributed by atoms with van der Waals surface area (Å²) in [4.78, 5) is 11.6. The first-order valence-electron chi connectivity index (χ1n) is 5.88. The summed E-state index contributed by atoms with van der Waals surface area (Å²) < 4.78 is 40.1. The molecule has 0 spiro atoms. The molecule has 0 aliphatic rings. The van der Waals surface area contributed by atoms with Crippen LogP contribution in [0.1, 0.15) is 32.4 Å². The van der Waals surface area contributed by atoms with E-state index >= 15 is 0 Å². The lowest BCUT2D eigenvalue weighted by atomic mass is 10.1. The van der Waals surface area contributed by atoms with E-state index in [1.165, 1.54) is 32.0 Å². The Hall–Kier alpha value is -1.76. The van der Waals surface area contributed by atoms with Crippen LogP contribution in [0.15, 0.2) is 24.3 Å². The summed E-state index contributed by atoms with van der Waals surface area (Å²) in [5.74, 6) is -0.980. The maximum atomic E-state index is 12.1. The average Bonchev–Trinajstić information content (AvgIpc) is 2.25. The highest BCUT2D eigenvalue weighted by Gasteiger charge is 2.31. The summed E-state index contributed by atoms with van der Waals surface area (Å²) >= 11 is 0. The Morgan fingerprint density at radius 3 is 2.45 bits per heavy atom. The van der Waals surface area contributed by atoms with Crippen LogP contribution >= 0.6 is 0 Å². The van der Waals surface area contributed by atoms with Gasteiger partial charge in [0.1, 0.15) is 11.4 Å². The number of halogens is 3. The molecule has 1 rings (SSSR count). The molecule has 0 radical (unpaired) electrons. The van der Waals surface area contributed by atoms with Gasteiger partial charge in [0.2, 0.25) is 0 Å². The number of aliphatic hydroxyl groups is 1. The molecule has 2 N–H and O–H groups in total. The molecule has 20 heavy (non-hydrogen) atoms. The van der Waals surface area contributed by atoms with Crippen molar-refractivity contribution in [3.8, 4) is 5.75 Å². The highest BCUT2D eigenvalue weighted by atomic mass is 19.4. The summed E-state index contributed by atoms with van der Waals surface area (Å²) in [7, 11) is 0. The van der Waals surface area contributed by atoms with E-state index in [1.807, 2.05) is 0 Å². The molecule has 0 heterocycles. The van der Waals surface area contributed by atoms with Crippen molar-refractivity contribution in [3.05, 3.63) is 29.8 Å². The van der Waals surface area contributed by atoms with Gasteiger partial charge in [0, 0.05) is 0 Å². The first-order chi connectivity index (χ1) is 8.99. The molecule has 0 aliphatic heterocycles. The van der Waals surface area contributed by atoms with E-state index in [4.69, 9.17) is 0 Å². The molecule has 0 bridgehead atoms. The summed E-state index contributed by atoms with van der Waals surface area (Å²) in [6.07, 6.45) is -4.77. The summed E-state index contributed by atoms with van der Waals surface area (Å²) in [5.41, 5.74) is -1.13. The molecule has 1 amide bonds. The van der Waals surface area contributed by atoms with Crippen molar-refractivity contribution in [2.45, 2.75) is 38.8 Å². The van der Waals surface area contributed by atoms with Gasteiger partial charge >= 0.3 is 6.36 Å². The van der Waals surface area contributed by atoms with Crippen LogP contribution in [0.3, 0.4) is 0 Å². The minimum Gasteiger partial charge on any atom is -0.406 e. The molecule has 7 heteroatoms. The zero-order valence-corrected chi connectivity index (χ0v) is 11.3. The van der Waals surface area contributed by atoms with E-state index in [0.29, 0.717) is 5.56 Å². The molecule has 1 atom stereocenters. The predicted octanol–water partition coefficient (Wildman–Crippen LogP) is 2.53. The normalized spacial score (nSPS) is 13.8. The molecule has 0 saturated carbocycles. The third-order valence-corrected chi connectivity index (χ3v) is 2.49. The molecule has 4 nitrogen and oxygen atoms in total. The van der Waals surface area contributed by atoms with Gasteiger partial charge < -0.3 is 15.2 Å². The largest absolute Gasteiger partial charge is 0.573 e. The van der Waals surface area contributed by atoms with Crippen molar-refractivity contribution in [2.24, 2.45) is 0 Å². The zero-order valence-electron chi connectivity index (χ0n) is 11.3. The number of amides is 1.